The predicted molar refractivity (Wildman–Crippen MR) is 138 cm³/mol. The van der Waals surface area contributed by atoms with Crippen LogP contribution in [-0.4, -0.2) is 37.1 Å². The third-order valence-corrected chi connectivity index (χ3v) is 6.07. The summed E-state index contributed by atoms with van der Waals surface area (Å²) in [6, 6.07) is 17.8. The van der Waals surface area contributed by atoms with Gasteiger partial charge in [-0.3, -0.25) is 14.5 Å². The molecule has 1 aliphatic rings. The van der Waals surface area contributed by atoms with Gasteiger partial charge in [0.25, 0.3) is 11.7 Å². The summed E-state index contributed by atoms with van der Waals surface area (Å²) in [5.74, 6) is -0.446. The van der Waals surface area contributed by atoms with E-state index >= 15 is 0 Å². The average Bonchev–Trinajstić information content (AvgIpc) is 3.15. The Labute approximate surface area is 214 Å². The summed E-state index contributed by atoms with van der Waals surface area (Å²) >= 11 is 6.15. The van der Waals surface area contributed by atoms with Gasteiger partial charge in [-0.1, -0.05) is 29.8 Å². The molecule has 0 saturated carbocycles. The van der Waals surface area contributed by atoms with E-state index in [4.69, 9.17) is 25.8 Å². The standard InChI is InChI=1S/C28H26ClNO6/c1-4-35-20-10-6-8-17(14-20)25-24(26(31)18-12-13-22(29)23(15-18)34-3)27(32)28(33)30(25)19-9-7-11-21(16-19)36-5-2/h6-16,25,31H,4-5H2,1-3H3/b26-24+. The predicted octanol–water partition coefficient (Wildman–Crippen LogP) is 5.77. The van der Waals surface area contributed by atoms with Crippen LogP contribution in [0.5, 0.6) is 17.2 Å². The van der Waals surface area contributed by atoms with E-state index in [1.165, 1.54) is 18.1 Å². The first kappa shape index (κ1) is 25.1. The first-order chi connectivity index (χ1) is 17.4. The van der Waals surface area contributed by atoms with E-state index in [-0.39, 0.29) is 11.3 Å². The molecule has 8 heteroatoms. The molecule has 0 radical (unpaired) electrons. The van der Waals surface area contributed by atoms with Crippen molar-refractivity contribution in [1.82, 2.24) is 0 Å². The fourth-order valence-corrected chi connectivity index (χ4v) is 4.40. The van der Waals surface area contributed by atoms with Gasteiger partial charge in [0.05, 0.1) is 37.0 Å². The minimum absolute atomic E-state index is 0.0557. The minimum Gasteiger partial charge on any atom is -0.507 e. The normalized spacial score (nSPS) is 16.8. The highest BCUT2D eigenvalue weighted by atomic mass is 35.5. The van der Waals surface area contributed by atoms with E-state index < -0.39 is 17.7 Å². The first-order valence-corrected chi connectivity index (χ1v) is 11.9. The Morgan fingerprint density at radius 2 is 1.61 bits per heavy atom. The van der Waals surface area contributed by atoms with Gasteiger partial charge in [0.1, 0.15) is 23.0 Å². The lowest BCUT2D eigenvalue weighted by molar-refractivity contribution is -0.132. The molecule has 3 aromatic rings. The largest absolute Gasteiger partial charge is 0.507 e. The molecular weight excluding hydrogens is 482 g/mol. The second kappa shape index (κ2) is 10.7. The van der Waals surface area contributed by atoms with Gasteiger partial charge in [0.15, 0.2) is 0 Å². The smallest absolute Gasteiger partial charge is 0.300 e. The fourth-order valence-electron chi connectivity index (χ4n) is 4.21. The summed E-state index contributed by atoms with van der Waals surface area (Å²) in [5, 5.41) is 11.7. The number of hydrogen-bond acceptors (Lipinski definition) is 6. The molecule has 1 unspecified atom stereocenters. The molecule has 1 heterocycles. The summed E-state index contributed by atoms with van der Waals surface area (Å²) in [6.07, 6.45) is 0. The topological polar surface area (TPSA) is 85.3 Å². The number of carbonyl (C=O) groups is 2. The van der Waals surface area contributed by atoms with E-state index in [9.17, 15) is 14.7 Å². The zero-order valence-electron chi connectivity index (χ0n) is 20.2. The number of amides is 1. The number of rotatable bonds is 8. The summed E-state index contributed by atoms with van der Waals surface area (Å²) < 4.78 is 16.5. The van der Waals surface area contributed by atoms with Crippen molar-refractivity contribution in [3.05, 3.63) is 88.5 Å². The van der Waals surface area contributed by atoms with Crippen LogP contribution in [0.4, 0.5) is 5.69 Å². The molecule has 36 heavy (non-hydrogen) atoms. The number of halogens is 1. The maximum Gasteiger partial charge on any atom is 0.300 e. The number of nitrogens with zero attached hydrogens (tertiary/aromatic N) is 1. The van der Waals surface area contributed by atoms with Gasteiger partial charge < -0.3 is 19.3 Å². The van der Waals surface area contributed by atoms with Crippen molar-refractivity contribution in [1.29, 1.82) is 0 Å². The number of methoxy groups -OCH3 is 1. The number of ketones is 1. The highest BCUT2D eigenvalue weighted by Gasteiger charge is 2.47. The number of aliphatic hydroxyl groups is 1. The highest BCUT2D eigenvalue weighted by molar-refractivity contribution is 6.51. The number of aliphatic hydroxyl groups excluding tert-OH is 1. The van der Waals surface area contributed by atoms with Crippen LogP contribution in [0.3, 0.4) is 0 Å². The van der Waals surface area contributed by atoms with E-state index in [0.717, 1.165) is 0 Å². The molecule has 3 aromatic carbocycles. The van der Waals surface area contributed by atoms with Crippen molar-refractivity contribution in [2.45, 2.75) is 19.9 Å². The van der Waals surface area contributed by atoms with Crippen LogP contribution in [0, 0.1) is 0 Å². The molecule has 1 fully saturated rings. The number of carbonyl (C=O) groups excluding carboxylic acids is 2. The second-order valence-electron chi connectivity index (χ2n) is 7.95. The van der Waals surface area contributed by atoms with Crippen LogP contribution in [0.2, 0.25) is 5.02 Å². The highest BCUT2D eigenvalue weighted by Crippen LogP contribution is 2.44. The second-order valence-corrected chi connectivity index (χ2v) is 8.36. The van der Waals surface area contributed by atoms with Crippen molar-refractivity contribution in [3.8, 4) is 17.2 Å². The van der Waals surface area contributed by atoms with E-state index in [1.54, 1.807) is 60.7 Å². The van der Waals surface area contributed by atoms with Crippen molar-refractivity contribution < 1.29 is 28.9 Å². The summed E-state index contributed by atoms with van der Waals surface area (Å²) in [5.41, 5.74) is 1.30. The number of ether oxygens (including phenoxy) is 3. The maximum atomic E-state index is 13.4. The van der Waals surface area contributed by atoms with E-state index in [2.05, 4.69) is 0 Å². The van der Waals surface area contributed by atoms with Gasteiger partial charge in [-0.25, -0.2) is 0 Å². The lowest BCUT2D eigenvalue weighted by Crippen LogP contribution is -2.29. The van der Waals surface area contributed by atoms with E-state index in [0.29, 0.717) is 52.3 Å². The molecule has 1 amide bonds. The molecule has 0 spiro atoms. The number of benzene rings is 3. The Hall–Kier alpha value is -3.97. The molecule has 4 rings (SSSR count). The van der Waals surface area contributed by atoms with Gasteiger partial charge in [-0.05, 0) is 61.9 Å². The molecule has 1 N–H and O–H groups in total. The van der Waals surface area contributed by atoms with Gasteiger partial charge >= 0.3 is 0 Å². The van der Waals surface area contributed by atoms with Gasteiger partial charge in [-0.15, -0.1) is 0 Å². The summed E-state index contributed by atoms with van der Waals surface area (Å²) in [4.78, 5) is 28.2. The average molecular weight is 508 g/mol. The lowest BCUT2D eigenvalue weighted by Gasteiger charge is -2.26. The van der Waals surface area contributed by atoms with Crippen molar-refractivity contribution in [3.63, 3.8) is 0 Å². The van der Waals surface area contributed by atoms with Gasteiger partial charge in [0.2, 0.25) is 0 Å². The van der Waals surface area contributed by atoms with Crippen molar-refractivity contribution >= 4 is 34.7 Å². The monoisotopic (exact) mass is 507 g/mol. The van der Waals surface area contributed by atoms with Crippen molar-refractivity contribution in [2.75, 3.05) is 25.2 Å². The van der Waals surface area contributed by atoms with Gasteiger partial charge in [-0.2, -0.15) is 0 Å². The molecule has 186 valence electrons. The Balaban J connectivity index is 1.94. The molecule has 0 aliphatic carbocycles. The Kier molecular flexibility index (Phi) is 7.50. The van der Waals surface area contributed by atoms with Crippen molar-refractivity contribution in [2.24, 2.45) is 0 Å². The SMILES string of the molecule is CCOc1cccc(C2/C(=C(\O)c3ccc(Cl)c(OC)c3)C(=O)C(=O)N2c2cccc(OCC)c2)c1. The minimum atomic E-state index is -0.913. The first-order valence-electron chi connectivity index (χ1n) is 11.5. The Morgan fingerprint density at radius 1 is 0.944 bits per heavy atom. The van der Waals surface area contributed by atoms with Crippen LogP contribution in [-0.2, 0) is 9.59 Å². The van der Waals surface area contributed by atoms with Crippen LogP contribution in [0.25, 0.3) is 5.76 Å². The summed E-state index contributed by atoms with van der Waals surface area (Å²) in [6.45, 7) is 4.62. The third-order valence-electron chi connectivity index (χ3n) is 5.76. The maximum absolute atomic E-state index is 13.4. The quantitative estimate of drug-likeness (QED) is 0.236. The molecule has 1 atom stereocenters. The Morgan fingerprint density at radius 3 is 2.28 bits per heavy atom. The number of Topliss-reactive ketones (excluding diaryl/α,β-unsaturated/α-hetero) is 1. The molecule has 0 bridgehead atoms. The molecule has 1 aliphatic heterocycles. The van der Waals surface area contributed by atoms with Crippen LogP contribution in [0.15, 0.2) is 72.3 Å². The van der Waals surface area contributed by atoms with E-state index in [1.807, 2.05) is 13.8 Å². The zero-order valence-corrected chi connectivity index (χ0v) is 20.9. The summed E-state index contributed by atoms with van der Waals surface area (Å²) in [7, 11) is 1.45. The molecule has 0 aromatic heterocycles. The van der Waals surface area contributed by atoms with Gasteiger partial charge in [0, 0.05) is 17.3 Å². The van der Waals surface area contributed by atoms with Crippen LogP contribution >= 0.6 is 11.6 Å². The zero-order chi connectivity index (χ0) is 25.8. The number of hydrogen-bond donors (Lipinski definition) is 1. The molecule has 1 saturated heterocycles. The third kappa shape index (κ3) is 4.75. The lowest BCUT2D eigenvalue weighted by atomic mass is 9.95. The van der Waals surface area contributed by atoms with Crippen LogP contribution < -0.4 is 19.1 Å². The van der Waals surface area contributed by atoms with Crippen LogP contribution in [0.1, 0.15) is 31.0 Å². The number of anilines is 1. The molecule has 7 nitrogen and oxygen atoms in total. The Bertz CT molecular complexity index is 1340. The fraction of sp³-hybridized carbons (Fsp3) is 0.214. The molecular formula is C28H26ClNO6.